The van der Waals surface area contributed by atoms with Crippen molar-refractivity contribution in [3.05, 3.63) is 21.6 Å². The summed E-state index contributed by atoms with van der Waals surface area (Å²) in [7, 11) is 2.92. The Kier molecular flexibility index (Phi) is 3.57. The van der Waals surface area contributed by atoms with Crippen LogP contribution in [0.5, 0.6) is 0 Å². The molecule has 102 valence electrons. The first kappa shape index (κ1) is 13.5. The highest BCUT2D eigenvalue weighted by Gasteiger charge is 2.32. The van der Waals surface area contributed by atoms with E-state index in [1.54, 1.807) is 0 Å². The molecule has 2 amide bonds. The first-order valence-corrected chi connectivity index (χ1v) is 6.08. The average molecular weight is 285 g/mol. The van der Waals surface area contributed by atoms with Gasteiger partial charge in [0.15, 0.2) is 0 Å². The van der Waals surface area contributed by atoms with Gasteiger partial charge in [-0.1, -0.05) is 11.6 Å². The quantitative estimate of drug-likeness (QED) is 0.773. The standard InChI is InChI=1S/C11H13ClN4O3/c1-15-8(17)4-3-6(10(15)18)14-7-5-13-16(2)11(19)9(7)12/h5-6,14H,3-4H2,1-2H3. The van der Waals surface area contributed by atoms with E-state index in [-0.39, 0.29) is 23.3 Å². The van der Waals surface area contributed by atoms with Crippen LogP contribution in [0.1, 0.15) is 12.8 Å². The molecule has 2 rings (SSSR count). The monoisotopic (exact) mass is 284 g/mol. The van der Waals surface area contributed by atoms with Crippen LogP contribution in [0.15, 0.2) is 11.0 Å². The molecule has 1 atom stereocenters. The van der Waals surface area contributed by atoms with Crippen LogP contribution in [-0.2, 0) is 16.6 Å². The van der Waals surface area contributed by atoms with Gasteiger partial charge in [0, 0.05) is 20.5 Å². The van der Waals surface area contributed by atoms with Crippen molar-refractivity contribution in [1.29, 1.82) is 0 Å². The summed E-state index contributed by atoms with van der Waals surface area (Å²) in [5.41, 5.74) is -0.148. The van der Waals surface area contributed by atoms with E-state index in [1.807, 2.05) is 0 Å². The number of nitrogens with one attached hydrogen (secondary N) is 1. The van der Waals surface area contributed by atoms with E-state index in [4.69, 9.17) is 11.6 Å². The number of hydrogen-bond donors (Lipinski definition) is 1. The highest BCUT2D eigenvalue weighted by atomic mass is 35.5. The number of carbonyl (C=O) groups excluding carboxylic acids is 2. The summed E-state index contributed by atoms with van der Waals surface area (Å²) < 4.78 is 1.10. The lowest BCUT2D eigenvalue weighted by Crippen LogP contribution is -2.48. The summed E-state index contributed by atoms with van der Waals surface area (Å²) >= 11 is 5.90. The van der Waals surface area contributed by atoms with Crippen molar-refractivity contribution in [3.63, 3.8) is 0 Å². The molecule has 0 aromatic carbocycles. The Morgan fingerprint density at radius 3 is 2.74 bits per heavy atom. The molecular formula is C11H13ClN4O3. The van der Waals surface area contributed by atoms with Crippen molar-refractivity contribution in [2.75, 3.05) is 12.4 Å². The Labute approximate surface area is 114 Å². The van der Waals surface area contributed by atoms with Crippen molar-refractivity contribution in [3.8, 4) is 0 Å². The van der Waals surface area contributed by atoms with Crippen molar-refractivity contribution < 1.29 is 9.59 Å². The van der Waals surface area contributed by atoms with Gasteiger partial charge in [-0.2, -0.15) is 5.10 Å². The number of carbonyl (C=O) groups is 2. The first-order valence-electron chi connectivity index (χ1n) is 5.70. The zero-order chi connectivity index (χ0) is 14.2. The molecule has 0 radical (unpaired) electrons. The van der Waals surface area contributed by atoms with Gasteiger partial charge < -0.3 is 5.32 Å². The predicted molar refractivity (Wildman–Crippen MR) is 68.9 cm³/mol. The average Bonchev–Trinajstić information content (AvgIpc) is 2.39. The molecule has 1 unspecified atom stereocenters. The molecule has 0 saturated carbocycles. The van der Waals surface area contributed by atoms with Crippen molar-refractivity contribution in [2.45, 2.75) is 18.9 Å². The number of piperidine rings is 1. The number of likely N-dealkylation sites (N-methyl/N-ethyl adjacent to an activating group) is 1. The SMILES string of the molecule is CN1C(=O)CCC(Nc2cnn(C)c(=O)c2Cl)C1=O. The van der Waals surface area contributed by atoms with Crippen LogP contribution in [0.3, 0.4) is 0 Å². The van der Waals surface area contributed by atoms with Crippen LogP contribution in [-0.4, -0.2) is 39.6 Å². The first-order chi connectivity index (χ1) is 8.91. The smallest absolute Gasteiger partial charge is 0.287 e. The third-order valence-electron chi connectivity index (χ3n) is 3.06. The maximum Gasteiger partial charge on any atom is 0.287 e. The van der Waals surface area contributed by atoms with Gasteiger partial charge in [-0.05, 0) is 6.42 Å². The van der Waals surface area contributed by atoms with E-state index in [2.05, 4.69) is 10.4 Å². The number of aromatic nitrogens is 2. The number of amides is 2. The molecule has 2 heterocycles. The fraction of sp³-hybridized carbons (Fsp3) is 0.455. The van der Waals surface area contributed by atoms with Crippen molar-refractivity contribution >= 4 is 29.1 Å². The van der Waals surface area contributed by atoms with Gasteiger partial charge in [-0.15, -0.1) is 0 Å². The van der Waals surface area contributed by atoms with Gasteiger partial charge >= 0.3 is 0 Å². The van der Waals surface area contributed by atoms with Crippen LogP contribution >= 0.6 is 11.6 Å². The minimum atomic E-state index is -0.575. The fourth-order valence-electron chi connectivity index (χ4n) is 1.85. The number of aryl methyl sites for hydroxylation is 1. The molecule has 7 nitrogen and oxygen atoms in total. The highest BCUT2D eigenvalue weighted by Crippen LogP contribution is 2.20. The van der Waals surface area contributed by atoms with Gasteiger partial charge in [-0.25, -0.2) is 4.68 Å². The van der Waals surface area contributed by atoms with E-state index in [1.165, 1.54) is 20.3 Å². The second-order valence-corrected chi connectivity index (χ2v) is 4.71. The zero-order valence-electron chi connectivity index (χ0n) is 10.5. The summed E-state index contributed by atoms with van der Waals surface area (Å²) in [5, 5.41) is 6.67. The Morgan fingerprint density at radius 1 is 1.37 bits per heavy atom. The largest absolute Gasteiger partial charge is 0.371 e. The molecule has 1 N–H and O–H groups in total. The lowest BCUT2D eigenvalue weighted by Gasteiger charge is -2.28. The number of hydrogen-bond acceptors (Lipinski definition) is 5. The minimum absolute atomic E-state index is 0.0233. The third-order valence-corrected chi connectivity index (χ3v) is 3.42. The van der Waals surface area contributed by atoms with Gasteiger partial charge in [0.25, 0.3) is 11.5 Å². The van der Waals surface area contributed by atoms with Crippen molar-refractivity contribution in [2.24, 2.45) is 7.05 Å². The molecule has 1 saturated heterocycles. The number of halogens is 1. The maximum atomic E-state index is 11.9. The summed E-state index contributed by atoms with van der Waals surface area (Å²) in [6.45, 7) is 0. The molecule has 1 fully saturated rings. The van der Waals surface area contributed by atoms with Gasteiger partial charge in [0.1, 0.15) is 11.1 Å². The van der Waals surface area contributed by atoms with Gasteiger partial charge in [0.05, 0.1) is 11.9 Å². The van der Waals surface area contributed by atoms with E-state index in [9.17, 15) is 14.4 Å². The molecular weight excluding hydrogens is 272 g/mol. The lowest BCUT2D eigenvalue weighted by atomic mass is 10.0. The second-order valence-electron chi connectivity index (χ2n) is 4.33. The summed E-state index contributed by atoms with van der Waals surface area (Å²) in [4.78, 5) is 35.9. The molecule has 19 heavy (non-hydrogen) atoms. The Balaban J connectivity index is 2.23. The maximum absolute atomic E-state index is 11.9. The molecule has 0 bridgehead atoms. The van der Waals surface area contributed by atoms with Crippen molar-refractivity contribution in [1.82, 2.24) is 14.7 Å². The predicted octanol–water partition coefficient (Wildman–Crippen LogP) is -0.00700. The van der Waals surface area contributed by atoms with Crippen LogP contribution in [0.4, 0.5) is 5.69 Å². The zero-order valence-corrected chi connectivity index (χ0v) is 11.3. The van der Waals surface area contributed by atoms with E-state index in [0.29, 0.717) is 12.1 Å². The molecule has 8 heteroatoms. The number of anilines is 1. The van der Waals surface area contributed by atoms with Gasteiger partial charge in [-0.3, -0.25) is 19.3 Å². The number of rotatable bonds is 2. The number of imide groups is 1. The minimum Gasteiger partial charge on any atom is -0.371 e. The second kappa shape index (κ2) is 5.00. The Morgan fingerprint density at radius 2 is 2.05 bits per heavy atom. The van der Waals surface area contributed by atoms with Crippen LogP contribution < -0.4 is 10.9 Å². The molecule has 0 spiro atoms. The van der Waals surface area contributed by atoms with E-state index < -0.39 is 11.6 Å². The van der Waals surface area contributed by atoms with Gasteiger partial charge in [0.2, 0.25) is 5.91 Å². The summed E-state index contributed by atoms with van der Waals surface area (Å²) in [6.07, 6.45) is 2.02. The lowest BCUT2D eigenvalue weighted by molar-refractivity contribution is -0.146. The highest BCUT2D eigenvalue weighted by molar-refractivity contribution is 6.33. The number of nitrogens with zero attached hydrogens (tertiary/aromatic N) is 3. The Bertz CT molecular complexity index is 598. The molecule has 1 aliphatic heterocycles. The topological polar surface area (TPSA) is 84.3 Å². The van der Waals surface area contributed by atoms with Crippen LogP contribution in [0.2, 0.25) is 5.02 Å². The number of likely N-dealkylation sites (tertiary alicyclic amines) is 1. The van der Waals surface area contributed by atoms with E-state index >= 15 is 0 Å². The molecule has 0 aliphatic carbocycles. The summed E-state index contributed by atoms with van der Waals surface area (Å²) in [5.74, 6) is -0.552. The Hall–Kier alpha value is -1.89. The van der Waals surface area contributed by atoms with E-state index in [0.717, 1.165) is 9.58 Å². The van der Waals surface area contributed by atoms with Crippen LogP contribution in [0, 0.1) is 0 Å². The van der Waals surface area contributed by atoms with Crippen LogP contribution in [0.25, 0.3) is 0 Å². The molecule has 1 aromatic rings. The fourth-order valence-corrected chi connectivity index (χ4v) is 2.07. The summed E-state index contributed by atoms with van der Waals surface area (Å²) in [6, 6.07) is -0.575. The molecule has 1 aromatic heterocycles. The molecule has 1 aliphatic rings. The normalized spacial score (nSPS) is 19.7. The third kappa shape index (κ3) is 2.46.